The van der Waals surface area contributed by atoms with E-state index < -0.39 is 0 Å². The van der Waals surface area contributed by atoms with Crippen LogP contribution in [-0.4, -0.2) is 17.7 Å². The van der Waals surface area contributed by atoms with Gasteiger partial charge in [-0.25, -0.2) is 4.98 Å². The SMILES string of the molecule is O=C(Cc1csc(SCc2ccc(Br)cc2)n1)NCc1ccc2c(c1)OCO2. The second-order valence-corrected chi connectivity index (χ2v) is 9.16. The fourth-order valence-corrected chi connectivity index (χ4v) is 4.70. The van der Waals surface area contributed by atoms with Crippen molar-refractivity contribution < 1.29 is 14.3 Å². The van der Waals surface area contributed by atoms with E-state index in [0.29, 0.717) is 6.54 Å². The van der Waals surface area contributed by atoms with Crippen LogP contribution in [0.15, 0.2) is 56.7 Å². The summed E-state index contributed by atoms with van der Waals surface area (Å²) in [5.74, 6) is 2.27. The third kappa shape index (κ3) is 5.06. The van der Waals surface area contributed by atoms with Crippen molar-refractivity contribution in [2.24, 2.45) is 0 Å². The van der Waals surface area contributed by atoms with Crippen molar-refractivity contribution in [2.75, 3.05) is 6.79 Å². The zero-order chi connectivity index (χ0) is 19.3. The Labute approximate surface area is 179 Å². The van der Waals surface area contributed by atoms with Crippen LogP contribution in [0.1, 0.15) is 16.8 Å². The summed E-state index contributed by atoms with van der Waals surface area (Å²) in [6, 6.07) is 13.9. The number of fused-ring (bicyclic) bond motifs is 1. The first-order chi connectivity index (χ1) is 13.7. The summed E-state index contributed by atoms with van der Waals surface area (Å²) in [4.78, 5) is 16.8. The minimum atomic E-state index is -0.0487. The van der Waals surface area contributed by atoms with Crippen molar-refractivity contribution in [3.05, 3.63) is 69.1 Å². The number of ether oxygens (including phenoxy) is 2. The molecule has 5 nitrogen and oxygen atoms in total. The Balaban J connectivity index is 1.25. The quantitative estimate of drug-likeness (QED) is 0.496. The molecular weight excluding hydrogens is 460 g/mol. The zero-order valence-corrected chi connectivity index (χ0v) is 18.0. The van der Waals surface area contributed by atoms with Gasteiger partial charge in [0.25, 0.3) is 0 Å². The van der Waals surface area contributed by atoms with Gasteiger partial charge < -0.3 is 14.8 Å². The second-order valence-electron chi connectivity index (χ2n) is 6.16. The number of rotatable bonds is 7. The summed E-state index contributed by atoms with van der Waals surface area (Å²) < 4.78 is 12.7. The first-order valence-corrected chi connectivity index (χ1v) is 11.3. The van der Waals surface area contributed by atoms with Gasteiger partial charge in [-0.1, -0.05) is 45.9 Å². The molecule has 8 heteroatoms. The fourth-order valence-electron chi connectivity index (χ4n) is 2.64. The standard InChI is InChI=1S/C20H17BrN2O3S2/c21-15-4-1-13(2-5-15)10-27-20-23-16(11-28-20)8-19(24)22-9-14-3-6-17-18(7-14)26-12-25-17/h1-7,11H,8-10,12H2,(H,22,24). The van der Waals surface area contributed by atoms with E-state index in [1.807, 2.05) is 35.7 Å². The van der Waals surface area contributed by atoms with Crippen LogP contribution in [0.3, 0.4) is 0 Å². The lowest BCUT2D eigenvalue weighted by Gasteiger charge is -2.05. The highest BCUT2D eigenvalue weighted by atomic mass is 79.9. The van der Waals surface area contributed by atoms with E-state index >= 15 is 0 Å². The first kappa shape index (κ1) is 19.3. The molecule has 1 amide bonds. The maximum absolute atomic E-state index is 12.2. The summed E-state index contributed by atoms with van der Waals surface area (Å²) in [5, 5.41) is 4.88. The molecule has 0 saturated carbocycles. The van der Waals surface area contributed by atoms with Crippen LogP contribution in [0, 0.1) is 0 Å². The number of hydrogen-bond donors (Lipinski definition) is 1. The van der Waals surface area contributed by atoms with Crippen molar-refractivity contribution >= 4 is 44.9 Å². The minimum Gasteiger partial charge on any atom is -0.454 e. The molecule has 0 spiro atoms. The van der Waals surface area contributed by atoms with Gasteiger partial charge in [-0.15, -0.1) is 11.3 Å². The minimum absolute atomic E-state index is 0.0487. The Hall–Kier alpha value is -2.03. The molecule has 0 bridgehead atoms. The molecule has 1 aliphatic rings. The number of thiazole rings is 1. The average Bonchev–Trinajstić information content (AvgIpc) is 3.34. The van der Waals surface area contributed by atoms with Gasteiger partial charge in [-0.2, -0.15) is 0 Å². The van der Waals surface area contributed by atoms with Gasteiger partial charge in [0.05, 0.1) is 12.1 Å². The van der Waals surface area contributed by atoms with Crippen LogP contribution in [0.25, 0.3) is 0 Å². The topological polar surface area (TPSA) is 60.5 Å². The first-order valence-electron chi connectivity index (χ1n) is 8.62. The number of thioether (sulfide) groups is 1. The molecule has 1 aromatic heterocycles. The summed E-state index contributed by atoms with van der Waals surface area (Å²) in [6.07, 6.45) is 0.278. The molecule has 2 heterocycles. The molecule has 0 unspecified atom stereocenters. The predicted octanol–water partition coefficient (Wildman–Crippen LogP) is 4.79. The van der Waals surface area contributed by atoms with E-state index in [4.69, 9.17) is 9.47 Å². The number of benzene rings is 2. The van der Waals surface area contributed by atoms with Crippen LogP contribution in [-0.2, 0) is 23.5 Å². The van der Waals surface area contributed by atoms with Gasteiger partial charge in [-0.3, -0.25) is 4.79 Å². The number of nitrogens with one attached hydrogen (secondary N) is 1. The van der Waals surface area contributed by atoms with Crippen LogP contribution < -0.4 is 14.8 Å². The van der Waals surface area contributed by atoms with Gasteiger partial charge >= 0.3 is 0 Å². The Morgan fingerprint density at radius 1 is 1.14 bits per heavy atom. The van der Waals surface area contributed by atoms with Crippen molar-refractivity contribution in [1.29, 1.82) is 0 Å². The number of nitrogens with zero attached hydrogens (tertiary/aromatic N) is 1. The fraction of sp³-hybridized carbons (Fsp3) is 0.200. The number of carbonyl (C=O) groups is 1. The van der Waals surface area contributed by atoms with Gasteiger partial charge in [-0.05, 0) is 35.4 Å². The monoisotopic (exact) mass is 476 g/mol. The molecule has 144 valence electrons. The van der Waals surface area contributed by atoms with E-state index in [9.17, 15) is 4.79 Å². The Morgan fingerprint density at radius 2 is 1.93 bits per heavy atom. The lowest BCUT2D eigenvalue weighted by molar-refractivity contribution is -0.120. The number of amides is 1. The predicted molar refractivity (Wildman–Crippen MR) is 114 cm³/mol. The van der Waals surface area contributed by atoms with E-state index in [-0.39, 0.29) is 19.1 Å². The highest BCUT2D eigenvalue weighted by Gasteiger charge is 2.14. The number of halogens is 1. The van der Waals surface area contributed by atoms with Crippen LogP contribution in [0.4, 0.5) is 0 Å². The van der Waals surface area contributed by atoms with Gasteiger partial charge in [0.15, 0.2) is 11.5 Å². The van der Waals surface area contributed by atoms with Crippen molar-refractivity contribution in [3.63, 3.8) is 0 Å². The maximum Gasteiger partial charge on any atom is 0.231 e. The van der Waals surface area contributed by atoms with E-state index in [0.717, 1.165) is 37.3 Å². The molecule has 28 heavy (non-hydrogen) atoms. The third-order valence-corrected chi connectivity index (χ3v) is 6.74. The smallest absolute Gasteiger partial charge is 0.231 e. The van der Waals surface area contributed by atoms with Crippen molar-refractivity contribution in [2.45, 2.75) is 23.1 Å². The average molecular weight is 477 g/mol. The Bertz CT molecular complexity index is 976. The van der Waals surface area contributed by atoms with E-state index in [1.165, 1.54) is 5.56 Å². The number of hydrogen-bond acceptors (Lipinski definition) is 6. The summed E-state index contributed by atoms with van der Waals surface area (Å²) >= 11 is 6.70. The maximum atomic E-state index is 12.2. The van der Waals surface area contributed by atoms with E-state index in [1.54, 1.807) is 23.1 Å². The molecule has 3 aromatic rings. The molecule has 1 N–H and O–H groups in total. The van der Waals surface area contributed by atoms with Gasteiger partial charge in [0.2, 0.25) is 12.7 Å². The van der Waals surface area contributed by atoms with Crippen molar-refractivity contribution in [1.82, 2.24) is 10.3 Å². The highest BCUT2D eigenvalue weighted by Crippen LogP contribution is 2.32. The molecule has 0 fully saturated rings. The molecule has 0 atom stereocenters. The Morgan fingerprint density at radius 3 is 2.79 bits per heavy atom. The summed E-state index contributed by atoms with van der Waals surface area (Å²) in [5.41, 5.74) is 3.01. The lowest BCUT2D eigenvalue weighted by atomic mass is 10.2. The van der Waals surface area contributed by atoms with Crippen LogP contribution >= 0.6 is 39.0 Å². The summed E-state index contributed by atoms with van der Waals surface area (Å²) in [7, 11) is 0. The molecular formula is C20H17BrN2O3S2. The largest absolute Gasteiger partial charge is 0.454 e. The highest BCUT2D eigenvalue weighted by molar-refractivity contribution is 9.10. The number of carbonyl (C=O) groups excluding carboxylic acids is 1. The molecule has 0 radical (unpaired) electrons. The third-order valence-electron chi connectivity index (χ3n) is 4.07. The normalized spacial score (nSPS) is 12.2. The molecule has 4 rings (SSSR count). The lowest BCUT2D eigenvalue weighted by Crippen LogP contribution is -2.24. The van der Waals surface area contributed by atoms with Gasteiger partial charge in [0, 0.05) is 22.2 Å². The molecule has 0 aliphatic carbocycles. The number of aromatic nitrogens is 1. The van der Waals surface area contributed by atoms with Crippen molar-refractivity contribution in [3.8, 4) is 11.5 Å². The van der Waals surface area contributed by atoms with Crippen LogP contribution in [0.5, 0.6) is 11.5 Å². The molecule has 0 saturated heterocycles. The Kier molecular flexibility index (Phi) is 6.19. The summed E-state index contributed by atoms with van der Waals surface area (Å²) in [6.45, 7) is 0.696. The second kappa shape index (κ2) is 8.98. The van der Waals surface area contributed by atoms with Gasteiger partial charge in [0.1, 0.15) is 4.34 Å². The molecule has 1 aliphatic heterocycles. The molecule has 2 aromatic carbocycles. The van der Waals surface area contributed by atoms with E-state index in [2.05, 4.69) is 38.4 Å². The zero-order valence-electron chi connectivity index (χ0n) is 14.8. The van der Waals surface area contributed by atoms with Crippen LogP contribution in [0.2, 0.25) is 0 Å².